The molecule has 0 radical (unpaired) electrons. The Morgan fingerprint density at radius 2 is 1.86 bits per heavy atom. The molecule has 0 aromatic carbocycles. The molecule has 4 rings (SSSR count). The quantitative estimate of drug-likeness (QED) is 0.413. The Bertz CT molecular complexity index is 1440. The molecule has 4 heterocycles. The highest BCUT2D eigenvalue weighted by molar-refractivity contribution is 7.93. The van der Waals surface area contributed by atoms with E-state index in [1.165, 1.54) is 25.7 Å². The van der Waals surface area contributed by atoms with E-state index in [2.05, 4.69) is 35.2 Å². The van der Waals surface area contributed by atoms with E-state index in [0.29, 0.717) is 18.7 Å². The van der Waals surface area contributed by atoms with E-state index in [1.54, 1.807) is 25.1 Å². The fourth-order valence-corrected chi connectivity index (χ4v) is 4.91. The average molecular weight is 533 g/mol. The van der Waals surface area contributed by atoms with E-state index >= 15 is 0 Å². The normalized spacial score (nSPS) is 15.6. The number of halogens is 1. The van der Waals surface area contributed by atoms with E-state index in [0.717, 1.165) is 12.4 Å². The van der Waals surface area contributed by atoms with Gasteiger partial charge in [-0.15, -0.1) is 10.2 Å². The zero-order chi connectivity index (χ0) is 26.7. The molecule has 13 nitrogen and oxygen atoms in total. The Balaban J connectivity index is 1.80. The van der Waals surface area contributed by atoms with Crippen molar-refractivity contribution < 1.29 is 27.1 Å². The molecule has 15 heteroatoms. The van der Waals surface area contributed by atoms with Gasteiger partial charge in [0.25, 0.3) is 5.91 Å². The van der Waals surface area contributed by atoms with E-state index in [4.69, 9.17) is 9.47 Å². The molecule has 1 amide bonds. The van der Waals surface area contributed by atoms with Crippen molar-refractivity contribution >= 4 is 27.6 Å². The number of aromatic nitrogens is 6. The van der Waals surface area contributed by atoms with Crippen molar-refractivity contribution in [1.82, 2.24) is 35.0 Å². The number of rotatable bonds is 9. The van der Waals surface area contributed by atoms with Crippen molar-refractivity contribution in [1.29, 1.82) is 0 Å². The number of hydrogen-bond acceptors (Lipinski definition) is 10. The van der Waals surface area contributed by atoms with E-state index < -0.39 is 32.9 Å². The van der Waals surface area contributed by atoms with Gasteiger partial charge in [0.15, 0.2) is 17.3 Å². The Kier molecular flexibility index (Phi) is 7.33. The molecule has 3 aromatic rings. The maximum atomic E-state index is 13.4. The fraction of sp³-hybridized carbons (Fsp3) is 0.364. The summed E-state index contributed by atoms with van der Waals surface area (Å²) < 4.78 is 54.3. The van der Waals surface area contributed by atoms with Gasteiger partial charge in [-0.3, -0.25) is 14.1 Å². The summed E-state index contributed by atoms with van der Waals surface area (Å²) >= 11 is 0. The van der Waals surface area contributed by atoms with Crippen LogP contribution in [0.1, 0.15) is 32.0 Å². The first-order valence-corrected chi connectivity index (χ1v) is 12.7. The number of pyridine rings is 1. The summed E-state index contributed by atoms with van der Waals surface area (Å²) in [5.74, 6) is -1.27. The highest BCUT2D eigenvalue weighted by Crippen LogP contribution is 2.31. The van der Waals surface area contributed by atoms with Crippen molar-refractivity contribution in [2.45, 2.75) is 31.4 Å². The standard InChI is InChI=1S/C22H25FN8O5S/c1-12(19-25-10-14(23)11-26-19)13(2)37(33,34)30-22-29-28-20(15-6-5-7-17(27-15)36-4)31(22)18-16(35-3)8-9-24-21(18)32/h5-7,10-13H,8-9H2,1-4H3,(H,24,32)(H,29,30)/t12-,13-/m0/s1. The van der Waals surface area contributed by atoms with Crippen molar-refractivity contribution in [2.75, 3.05) is 25.5 Å². The third-order valence-electron chi connectivity index (χ3n) is 5.89. The molecule has 3 aromatic heterocycles. The van der Waals surface area contributed by atoms with Crippen molar-refractivity contribution in [3.8, 4) is 17.4 Å². The van der Waals surface area contributed by atoms with Gasteiger partial charge < -0.3 is 14.8 Å². The molecule has 0 aliphatic carbocycles. The molecule has 0 unspecified atom stereocenters. The van der Waals surface area contributed by atoms with Crippen LogP contribution < -0.4 is 14.8 Å². The minimum Gasteiger partial charge on any atom is -0.499 e. The molecular weight excluding hydrogens is 507 g/mol. The molecule has 0 fully saturated rings. The van der Waals surface area contributed by atoms with E-state index in [-0.39, 0.29) is 34.9 Å². The maximum absolute atomic E-state index is 13.4. The number of methoxy groups -OCH3 is 2. The number of hydrogen-bond donors (Lipinski definition) is 2. The van der Waals surface area contributed by atoms with Crippen LogP contribution in [-0.4, -0.2) is 70.1 Å². The van der Waals surface area contributed by atoms with Gasteiger partial charge in [0.1, 0.15) is 17.3 Å². The van der Waals surface area contributed by atoms with Gasteiger partial charge in [-0.05, 0) is 13.0 Å². The van der Waals surface area contributed by atoms with E-state index in [1.807, 2.05) is 0 Å². The number of anilines is 1. The van der Waals surface area contributed by atoms with Gasteiger partial charge >= 0.3 is 0 Å². The van der Waals surface area contributed by atoms with Crippen LogP contribution in [0.4, 0.5) is 10.3 Å². The number of nitrogens with zero attached hydrogens (tertiary/aromatic N) is 6. The summed E-state index contributed by atoms with van der Waals surface area (Å²) in [5.41, 5.74) is 0.290. The topological polar surface area (TPSA) is 163 Å². The third kappa shape index (κ3) is 5.21. The van der Waals surface area contributed by atoms with Gasteiger partial charge in [-0.2, -0.15) is 0 Å². The van der Waals surface area contributed by atoms with Gasteiger partial charge in [0, 0.05) is 24.9 Å². The predicted molar refractivity (Wildman–Crippen MR) is 130 cm³/mol. The minimum atomic E-state index is -4.14. The number of ether oxygens (including phenoxy) is 2. The van der Waals surface area contributed by atoms with Gasteiger partial charge in [0.2, 0.25) is 21.9 Å². The monoisotopic (exact) mass is 532 g/mol. The van der Waals surface area contributed by atoms with Gasteiger partial charge in [0.05, 0.1) is 31.9 Å². The molecule has 37 heavy (non-hydrogen) atoms. The first-order chi connectivity index (χ1) is 17.7. The Labute approximate surface area is 212 Å². The summed E-state index contributed by atoms with van der Waals surface area (Å²) in [5, 5.41) is 9.81. The van der Waals surface area contributed by atoms with Gasteiger partial charge in [-0.1, -0.05) is 13.0 Å². The van der Waals surface area contributed by atoms with Crippen LogP contribution in [0.5, 0.6) is 5.88 Å². The number of carbonyl (C=O) groups is 1. The number of carbonyl (C=O) groups excluding carboxylic acids is 1. The van der Waals surface area contributed by atoms with Crippen LogP contribution in [0.15, 0.2) is 36.4 Å². The van der Waals surface area contributed by atoms with Gasteiger partial charge in [-0.25, -0.2) is 27.8 Å². The zero-order valence-electron chi connectivity index (χ0n) is 20.5. The summed E-state index contributed by atoms with van der Waals surface area (Å²) in [6.07, 6.45) is 2.30. The Hall–Kier alpha value is -4.14. The first-order valence-electron chi connectivity index (χ1n) is 11.2. The average Bonchev–Trinajstić information content (AvgIpc) is 3.30. The molecule has 1 aliphatic rings. The third-order valence-corrected chi connectivity index (χ3v) is 7.74. The lowest BCUT2D eigenvalue weighted by Gasteiger charge is -2.23. The number of sulfonamides is 1. The number of amides is 1. The van der Waals surface area contributed by atoms with Crippen LogP contribution in [0, 0.1) is 5.82 Å². The zero-order valence-corrected chi connectivity index (χ0v) is 21.3. The van der Waals surface area contributed by atoms with Crippen LogP contribution in [-0.2, 0) is 19.6 Å². The second kappa shape index (κ2) is 10.5. The second-order valence-electron chi connectivity index (χ2n) is 8.13. The van der Waals surface area contributed by atoms with Crippen LogP contribution >= 0.6 is 0 Å². The lowest BCUT2D eigenvalue weighted by molar-refractivity contribution is -0.116. The largest absolute Gasteiger partial charge is 0.499 e. The smallest absolute Gasteiger partial charge is 0.271 e. The molecule has 0 spiro atoms. The highest BCUT2D eigenvalue weighted by atomic mass is 32.2. The highest BCUT2D eigenvalue weighted by Gasteiger charge is 2.34. The molecule has 0 bridgehead atoms. The lowest BCUT2D eigenvalue weighted by atomic mass is 10.1. The lowest BCUT2D eigenvalue weighted by Crippen LogP contribution is -2.35. The van der Waals surface area contributed by atoms with Crippen molar-refractivity contribution in [2.24, 2.45) is 0 Å². The SMILES string of the molecule is COC1=C(n2c(NS(=O)(=O)[C@@H](C)[C@H](C)c3ncc(F)cn3)nnc2-c2cccc(OC)n2)C(=O)NCC1. The first kappa shape index (κ1) is 25.9. The summed E-state index contributed by atoms with van der Waals surface area (Å²) in [6, 6.07) is 4.91. The van der Waals surface area contributed by atoms with Crippen LogP contribution in [0.2, 0.25) is 0 Å². The number of nitrogens with one attached hydrogen (secondary N) is 2. The molecule has 1 aliphatic heterocycles. The predicted octanol–water partition coefficient (Wildman–Crippen LogP) is 1.55. The minimum absolute atomic E-state index is 0.0126. The van der Waals surface area contributed by atoms with Crippen LogP contribution in [0.25, 0.3) is 17.2 Å². The molecule has 196 valence electrons. The summed E-state index contributed by atoms with van der Waals surface area (Å²) in [4.78, 5) is 25.1. The van der Waals surface area contributed by atoms with Crippen molar-refractivity contribution in [3.05, 3.63) is 48.0 Å². The molecular formula is C22H25FN8O5S. The fourth-order valence-electron chi connectivity index (χ4n) is 3.68. The van der Waals surface area contributed by atoms with E-state index in [9.17, 15) is 17.6 Å². The molecule has 2 atom stereocenters. The summed E-state index contributed by atoms with van der Waals surface area (Å²) in [6.45, 7) is 3.40. The molecule has 2 N–H and O–H groups in total. The van der Waals surface area contributed by atoms with Crippen LogP contribution in [0.3, 0.4) is 0 Å². The summed E-state index contributed by atoms with van der Waals surface area (Å²) in [7, 11) is -1.28. The molecule has 0 saturated carbocycles. The van der Waals surface area contributed by atoms with Crippen molar-refractivity contribution in [3.63, 3.8) is 0 Å². The molecule has 0 saturated heterocycles. The Morgan fingerprint density at radius 3 is 2.54 bits per heavy atom. The Morgan fingerprint density at radius 1 is 1.14 bits per heavy atom. The second-order valence-corrected chi connectivity index (χ2v) is 10.2. The maximum Gasteiger partial charge on any atom is 0.271 e.